The summed E-state index contributed by atoms with van der Waals surface area (Å²) >= 11 is 3.48. The zero-order valence-electron chi connectivity index (χ0n) is 11.2. The summed E-state index contributed by atoms with van der Waals surface area (Å²) in [4.78, 5) is 8.92. The van der Waals surface area contributed by atoms with Gasteiger partial charge in [0.2, 0.25) is 0 Å². The Bertz CT molecular complexity index is 540. The predicted octanol–water partition coefficient (Wildman–Crippen LogP) is 3.33. The highest BCUT2D eigenvalue weighted by Crippen LogP contribution is 2.13. The lowest BCUT2D eigenvalue weighted by Crippen LogP contribution is -2.22. The molecule has 0 saturated carbocycles. The highest BCUT2D eigenvalue weighted by atomic mass is 79.9. The minimum absolute atomic E-state index is 0.462. The van der Waals surface area contributed by atoms with Crippen LogP contribution in [-0.4, -0.2) is 16.0 Å². The molecule has 0 bridgehead atoms. The van der Waals surface area contributed by atoms with Gasteiger partial charge in [-0.25, -0.2) is 9.97 Å². The zero-order valence-corrected chi connectivity index (χ0v) is 12.8. The van der Waals surface area contributed by atoms with E-state index in [9.17, 15) is 0 Å². The van der Waals surface area contributed by atoms with E-state index in [0.29, 0.717) is 6.04 Å². The lowest BCUT2D eigenvalue weighted by Gasteiger charge is -2.08. The van der Waals surface area contributed by atoms with Crippen molar-refractivity contribution in [1.29, 1.82) is 0 Å². The van der Waals surface area contributed by atoms with E-state index in [1.54, 1.807) is 0 Å². The molecule has 0 aliphatic carbocycles. The maximum atomic E-state index is 4.58. The molecule has 1 N–H and O–H groups in total. The van der Waals surface area contributed by atoms with Crippen molar-refractivity contribution >= 4 is 15.9 Å². The molecule has 0 saturated heterocycles. The van der Waals surface area contributed by atoms with Crippen LogP contribution in [0.1, 0.15) is 30.9 Å². The first-order valence-electron chi connectivity index (χ1n) is 6.42. The Morgan fingerprint density at radius 1 is 1.26 bits per heavy atom. The lowest BCUT2D eigenvalue weighted by atomic mass is 10.1. The minimum atomic E-state index is 0.462. The quantitative estimate of drug-likeness (QED) is 0.918. The van der Waals surface area contributed by atoms with Gasteiger partial charge in [0.05, 0.1) is 5.69 Å². The molecule has 2 rings (SSSR count). The van der Waals surface area contributed by atoms with Crippen molar-refractivity contribution in [2.24, 2.45) is 0 Å². The summed E-state index contributed by atoms with van der Waals surface area (Å²) in [7, 11) is 0. The van der Waals surface area contributed by atoms with Crippen LogP contribution in [0, 0.1) is 0 Å². The lowest BCUT2D eigenvalue weighted by molar-refractivity contribution is 0.579. The second-order valence-corrected chi connectivity index (χ2v) is 5.72. The average molecular weight is 320 g/mol. The summed E-state index contributed by atoms with van der Waals surface area (Å²) in [6.45, 7) is 5.04. The normalized spacial score (nSPS) is 10.9. The third-order valence-corrected chi connectivity index (χ3v) is 3.20. The maximum absolute atomic E-state index is 4.58. The second-order valence-electron chi connectivity index (χ2n) is 4.81. The third kappa shape index (κ3) is 4.73. The highest BCUT2D eigenvalue weighted by molar-refractivity contribution is 9.10. The molecule has 0 atom stereocenters. The van der Waals surface area contributed by atoms with Gasteiger partial charge in [-0.3, -0.25) is 0 Å². The van der Waals surface area contributed by atoms with Gasteiger partial charge in [-0.05, 0) is 23.8 Å². The molecule has 1 heterocycles. The molecule has 19 heavy (non-hydrogen) atoms. The Kier molecular flexibility index (Phi) is 5.05. The largest absolute Gasteiger partial charge is 0.309 e. The smallest absolute Gasteiger partial charge is 0.132 e. The van der Waals surface area contributed by atoms with Crippen molar-refractivity contribution in [1.82, 2.24) is 15.3 Å². The number of aromatic nitrogens is 2. The molecule has 1 aromatic carbocycles. The van der Waals surface area contributed by atoms with Crippen molar-refractivity contribution in [3.8, 4) is 0 Å². The topological polar surface area (TPSA) is 37.8 Å². The fraction of sp³-hybridized carbons (Fsp3) is 0.333. The van der Waals surface area contributed by atoms with E-state index in [0.717, 1.165) is 29.0 Å². The van der Waals surface area contributed by atoms with E-state index in [4.69, 9.17) is 0 Å². The molecular weight excluding hydrogens is 302 g/mol. The van der Waals surface area contributed by atoms with Gasteiger partial charge >= 0.3 is 0 Å². The van der Waals surface area contributed by atoms with E-state index in [1.165, 1.54) is 5.56 Å². The van der Waals surface area contributed by atoms with Gasteiger partial charge < -0.3 is 5.32 Å². The van der Waals surface area contributed by atoms with E-state index in [2.05, 4.69) is 57.2 Å². The molecule has 4 heteroatoms. The van der Waals surface area contributed by atoms with E-state index in [-0.39, 0.29) is 0 Å². The average Bonchev–Trinajstić information content (AvgIpc) is 2.37. The van der Waals surface area contributed by atoms with Crippen LogP contribution in [0.5, 0.6) is 0 Å². The van der Waals surface area contributed by atoms with Crippen molar-refractivity contribution in [3.63, 3.8) is 0 Å². The monoisotopic (exact) mass is 319 g/mol. The number of nitrogens with one attached hydrogen (secondary N) is 1. The predicted molar refractivity (Wildman–Crippen MR) is 81.0 cm³/mol. The Balaban J connectivity index is 2.06. The SMILES string of the molecule is CC(C)NCc1ccnc(Cc2cccc(Br)c2)n1. The molecule has 0 radical (unpaired) electrons. The molecule has 100 valence electrons. The number of hydrogen-bond acceptors (Lipinski definition) is 3. The van der Waals surface area contributed by atoms with Crippen LogP contribution in [0.15, 0.2) is 41.0 Å². The second kappa shape index (κ2) is 6.78. The Morgan fingerprint density at radius 2 is 2.11 bits per heavy atom. The van der Waals surface area contributed by atoms with E-state index >= 15 is 0 Å². The van der Waals surface area contributed by atoms with E-state index < -0.39 is 0 Å². The Labute approximate surface area is 122 Å². The molecule has 0 spiro atoms. The zero-order chi connectivity index (χ0) is 13.7. The molecule has 0 fully saturated rings. The van der Waals surface area contributed by atoms with Crippen molar-refractivity contribution in [2.75, 3.05) is 0 Å². The number of benzene rings is 1. The standard InChI is InChI=1S/C15H18BrN3/c1-11(2)18-10-14-6-7-17-15(19-14)9-12-4-3-5-13(16)8-12/h3-8,11,18H,9-10H2,1-2H3. The van der Waals surface area contributed by atoms with Gasteiger partial charge in [-0.15, -0.1) is 0 Å². The van der Waals surface area contributed by atoms with E-state index in [1.807, 2.05) is 24.4 Å². The molecule has 1 aromatic heterocycles. The highest BCUT2D eigenvalue weighted by Gasteiger charge is 2.02. The van der Waals surface area contributed by atoms with Gasteiger partial charge in [0.1, 0.15) is 5.82 Å². The van der Waals surface area contributed by atoms with Crippen molar-refractivity contribution < 1.29 is 0 Å². The van der Waals surface area contributed by atoms with Gasteiger partial charge in [0.25, 0.3) is 0 Å². The molecule has 0 amide bonds. The third-order valence-electron chi connectivity index (χ3n) is 2.71. The number of halogens is 1. The van der Waals surface area contributed by atoms with Crippen LogP contribution in [0.3, 0.4) is 0 Å². The van der Waals surface area contributed by atoms with Crippen LogP contribution in [0.4, 0.5) is 0 Å². The summed E-state index contributed by atoms with van der Waals surface area (Å²) in [5.74, 6) is 0.862. The van der Waals surface area contributed by atoms with Crippen LogP contribution in [-0.2, 0) is 13.0 Å². The number of hydrogen-bond donors (Lipinski definition) is 1. The van der Waals surface area contributed by atoms with Crippen molar-refractivity contribution in [2.45, 2.75) is 32.9 Å². The summed E-state index contributed by atoms with van der Waals surface area (Å²) in [6.07, 6.45) is 2.59. The summed E-state index contributed by atoms with van der Waals surface area (Å²) in [5, 5.41) is 3.36. The van der Waals surface area contributed by atoms with Gasteiger partial charge in [-0.2, -0.15) is 0 Å². The summed E-state index contributed by atoms with van der Waals surface area (Å²) in [5.41, 5.74) is 2.25. The fourth-order valence-corrected chi connectivity index (χ4v) is 2.21. The minimum Gasteiger partial charge on any atom is -0.309 e. The van der Waals surface area contributed by atoms with Gasteiger partial charge in [0, 0.05) is 29.7 Å². The first-order chi connectivity index (χ1) is 9.13. The first-order valence-corrected chi connectivity index (χ1v) is 7.21. The van der Waals surface area contributed by atoms with Crippen LogP contribution < -0.4 is 5.32 Å². The molecule has 2 aromatic rings. The van der Waals surface area contributed by atoms with Crippen LogP contribution in [0.2, 0.25) is 0 Å². The Hall–Kier alpha value is -1.26. The maximum Gasteiger partial charge on any atom is 0.132 e. The number of nitrogens with zero attached hydrogens (tertiary/aromatic N) is 2. The molecule has 0 unspecified atom stereocenters. The fourth-order valence-electron chi connectivity index (χ4n) is 1.76. The molecule has 0 aliphatic heterocycles. The molecular formula is C15H18BrN3. The van der Waals surface area contributed by atoms with Crippen LogP contribution in [0.25, 0.3) is 0 Å². The summed E-state index contributed by atoms with van der Waals surface area (Å²) in [6, 6.07) is 10.7. The number of rotatable bonds is 5. The van der Waals surface area contributed by atoms with Crippen LogP contribution >= 0.6 is 15.9 Å². The Morgan fingerprint density at radius 3 is 2.84 bits per heavy atom. The van der Waals surface area contributed by atoms with Gasteiger partial charge in [0.15, 0.2) is 0 Å². The molecule has 0 aliphatic rings. The van der Waals surface area contributed by atoms with Crippen molar-refractivity contribution in [3.05, 3.63) is 58.1 Å². The first kappa shape index (κ1) is 14.2. The van der Waals surface area contributed by atoms with Gasteiger partial charge in [-0.1, -0.05) is 41.9 Å². The molecule has 3 nitrogen and oxygen atoms in total. The summed E-state index contributed by atoms with van der Waals surface area (Å²) < 4.78 is 1.09.